The second-order valence-corrected chi connectivity index (χ2v) is 2.38. The molecule has 2 nitrogen and oxygen atoms in total. The SMILES string of the molecule is OCCNC1CCC1F. The van der Waals surface area contributed by atoms with E-state index in [4.69, 9.17) is 5.11 Å². The second-order valence-electron chi connectivity index (χ2n) is 2.38. The number of hydrogen-bond acceptors (Lipinski definition) is 2. The molecule has 0 aliphatic heterocycles. The molecular formula is C6H12FNO. The predicted octanol–water partition coefficient (Wildman–Crippen LogP) is 0.0688. The van der Waals surface area contributed by atoms with Gasteiger partial charge in [-0.05, 0) is 12.8 Å². The molecule has 0 heterocycles. The molecule has 0 aromatic carbocycles. The normalized spacial score (nSPS) is 34.0. The number of aliphatic hydroxyl groups is 1. The molecule has 9 heavy (non-hydrogen) atoms. The highest BCUT2D eigenvalue weighted by Gasteiger charge is 2.29. The maximum atomic E-state index is 12.4. The molecule has 1 fully saturated rings. The van der Waals surface area contributed by atoms with E-state index >= 15 is 0 Å². The lowest BCUT2D eigenvalue weighted by Gasteiger charge is -2.30. The summed E-state index contributed by atoms with van der Waals surface area (Å²) in [5.74, 6) is 0. The van der Waals surface area contributed by atoms with Gasteiger partial charge in [0, 0.05) is 12.6 Å². The fraction of sp³-hybridized carbons (Fsp3) is 1.00. The van der Waals surface area contributed by atoms with Crippen molar-refractivity contribution in [2.24, 2.45) is 0 Å². The van der Waals surface area contributed by atoms with Crippen LogP contribution in [0.15, 0.2) is 0 Å². The van der Waals surface area contributed by atoms with Crippen LogP contribution in [0.5, 0.6) is 0 Å². The highest BCUT2D eigenvalue weighted by atomic mass is 19.1. The van der Waals surface area contributed by atoms with Gasteiger partial charge in [-0.25, -0.2) is 4.39 Å². The number of halogens is 1. The van der Waals surface area contributed by atoms with E-state index in [0.29, 0.717) is 13.0 Å². The Labute approximate surface area is 54.1 Å². The topological polar surface area (TPSA) is 32.3 Å². The number of aliphatic hydroxyl groups excluding tert-OH is 1. The van der Waals surface area contributed by atoms with Crippen LogP contribution in [0.2, 0.25) is 0 Å². The Balaban J connectivity index is 1.99. The Morgan fingerprint density at radius 2 is 2.33 bits per heavy atom. The van der Waals surface area contributed by atoms with Crippen molar-refractivity contribution in [3.63, 3.8) is 0 Å². The minimum absolute atomic E-state index is 0.0251. The number of hydrogen-bond donors (Lipinski definition) is 2. The summed E-state index contributed by atoms with van der Waals surface area (Å²) in [7, 11) is 0. The summed E-state index contributed by atoms with van der Waals surface area (Å²) < 4.78 is 12.4. The van der Waals surface area contributed by atoms with Crippen LogP contribution < -0.4 is 5.32 Å². The fourth-order valence-electron chi connectivity index (χ4n) is 0.939. The summed E-state index contributed by atoms with van der Waals surface area (Å²) in [6.07, 6.45) is 0.932. The first-order valence-electron chi connectivity index (χ1n) is 3.33. The van der Waals surface area contributed by atoms with Gasteiger partial charge in [-0.15, -0.1) is 0 Å². The quantitative estimate of drug-likeness (QED) is 0.571. The van der Waals surface area contributed by atoms with Crippen LogP contribution in [-0.4, -0.2) is 30.5 Å². The molecule has 2 N–H and O–H groups in total. The maximum absolute atomic E-state index is 12.4. The van der Waals surface area contributed by atoms with Crippen molar-refractivity contribution >= 4 is 0 Å². The Kier molecular flexibility index (Phi) is 2.42. The molecule has 0 amide bonds. The Hall–Kier alpha value is -0.150. The van der Waals surface area contributed by atoms with Gasteiger partial charge >= 0.3 is 0 Å². The summed E-state index contributed by atoms with van der Waals surface area (Å²) in [5.41, 5.74) is 0. The molecule has 2 atom stereocenters. The summed E-state index contributed by atoms with van der Waals surface area (Å²) in [4.78, 5) is 0. The van der Waals surface area contributed by atoms with Gasteiger partial charge in [-0.1, -0.05) is 0 Å². The van der Waals surface area contributed by atoms with Crippen molar-refractivity contribution in [2.45, 2.75) is 25.1 Å². The van der Waals surface area contributed by atoms with Crippen molar-refractivity contribution in [2.75, 3.05) is 13.2 Å². The van der Waals surface area contributed by atoms with Crippen LogP contribution >= 0.6 is 0 Å². The van der Waals surface area contributed by atoms with Crippen molar-refractivity contribution in [3.8, 4) is 0 Å². The molecule has 0 bridgehead atoms. The van der Waals surface area contributed by atoms with E-state index in [2.05, 4.69) is 5.32 Å². The first-order valence-corrected chi connectivity index (χ1v) is 3.33. The van der Waals surface area contributed by atoms with Crippen LogP contribution in [0.3, 0.4) is 0 Å². The third-order valence-electron chi connectivity index (χ3n) is 1.71. The molecule has 1 rings (SSSR count). The van der Waals surface area contributed by atoms with Gasteiger partial charge in [0.05, 0.1) is 6.61 Å². The van der Waals surface area contributed by atoms with E-state index in [1.165, 1.54) is 0 Å². The van der Waals surface area contributed by atoms with Crippen LogP contribution in [-0.2, 0) is 0 Å². The first-order chi connectivity index (χ1) is 4.34. The lowest BCUT2D eigenvalue weighted by Crippen LogP contribution is -2.46. The van der Waals surface area contributed by atoms with Gasteiger partial charge in [-0.3, -0.25) is 0 Å². The summed E-state index contributed by atoms with van der Waals surface area (Å²) >= 11 is 0. The third kappa shape index (κ3) is 1.63. The zero-order chi connectivity index (χ0) is 6.69. The molecule has 1 aliphatic rings. The van der Waals surface area contributed by atoms with E-state index in [-0.39, 0.29) is 12.6 Å². The van der Waals surface area contributed by atoms with Gasteiger partial charge in [0.25, 0.3) is 0 Å². The maximum Gasteiger partial charge on any atom is 0.115 e. The smallest absolute Gasteiger partial charge is 0.115 e. The van der Waals surface area contributed by atoms with Gasteiger partial charge in [0.1, 0.15) is 6.17 Å². The minimum atomic E-state index is -0.670. The lowest BCUT2D eigenvalue weighted by molar-refractivity contribution is 0.136. The standard InChI is InChI=1S/C6H12FNO/c7-5-1-2-6(5)8-3-4-9/h5-6,8-9H,1-4H2. The Morgan fingerprint density at radius 1 is 1.56 bits per heavy atom. The zero-order valence-corrected chi connectivity index (χ0v) is 5.31. The zero-order valence-electron chi connectivity index (χ0n) is 5.31. The van der Waals surface area contributed by atoms with Crippen LogP contribution in [0.4, 0.5) is 4.39 Å². The van der Waals surface area contributed by atoms with Gasteiger partial charge in [0.15, 0.2) is 0 Å². The van der Waals surface area contributed by atoms with Crippen molar-refractivity contribution in [1.29, 1.82) is 0 Å². The first kappa shape index (κ1) is 6.96. The highest BCUT2D eigenvalue weighted by Crippen LogP contribution is 2.22. The summed E-state index contributed by atoms with van der Waals surface area (Å²) in [5, 5.41) is 11.2. The average Bonchev–Trinajstić information content (AvgIpc) is 1.86. The molecule has 0 spiro atoms. The lowest BCUT2D eigenvalue weighted by atomic mass is 9.91. The predicted molar refractivity (Wildman–Crippen MR) is 33.0 cm³/mol. The molecule has 0 aromatic heterocycles. The number of alkyl halides is 1. The molecule has 3 heteroatoms. The molecular weight excluding hydrogens is 121 g/mol. The summed E-state index contributed by atoms with van der Waals surface area (Å²) in [6, 6.07) is 0.0251. The minimum Gasteiger partial charge on any atom is -0.395 e. The summed E-state index contributed by atoms with van der Waals surface area (Å²) in [6.45, 7) is 0.619. The Morgan fingerprint density at radius 3 is 2.67 bits per heavy atom. The molecule has 54 valence electrons. The molecule has 2 unspecified atom stereocenters. The van der Waals surface area contributed by atoms with E-state index < -0.39 is 6.17 Å². The number of nitrogens with one attached hydrogen (secondary N) is 1. The highest BCUT2D eigenvalue weighted by molar-refractivity contribution is 4.86. The van der Waals surface area contributed by atoms with E-state index in [1.807, 2.05) is 0 Å². The van der Waals surface area contributed by atoms with E-state index in [9.17, 15) is 4.39 Å². The van der Waals surface area contributed by atoms with E-state index in [0.717, 1.165) is 6.42 Å². The van der Waals surface area contributed by atoms with Crippen LogP contribution in [0, 0.1) is 0 Å². The average molecular weight is 133 g/mol. The van der Waals surface area contributed by atoms with Gasteiger partial charge in [-0.2, -0.15) is 0 Å². The molecule has 0 radical (unpaired) electrons. The second kappa shape index (κ2) is 3.13. The van der Waals surface area contributed by atoms with Crippen molar-refractivity contribution in [1.82, 2.24) is 5.32 Å². The van der Waals surface area contributed by atoms with Crippen molar-refractivity contribution < 1.29 is 9.50 Å². The molecule has 0 aromatic rings. The van der Waals surface area contributed by atoms with Crippen LogP contribution in [0.1, 0.15) is 12.8 Å². The third-order valence-corrected chi connectivity index (χ3v) is 1.71. The van der Waals surface area contributed by atoms with Crippen molar-refractivity contribution in [3.05, 3.63) is 0 Å². The molecule has 0 saturated heterocycles. The Bertz CT molecular complexity index is 89.1. The largest absolute Gasteiger partial charge is 0.395 e. The molecule has 1 saturated carbocycles. The number of rotatable bonds is 3. The fourth-order valence-corrected chi connectivity index (χ4v) is 0.939. The van der Waals surface area contributed by atoms with Gasteiger partial charge in [0.2, 0.25) is 0 Å². The molecule has 1 aliphatic carbocycles. The van der Waals surface area contributed by atoms with Crippen LogP contribution in [0.25, 0.3) is 0 Å². The monoisotopic (exact) mass is 133 g/mol. The van der Waals surface area contributed by atoms with Gasteiger partial charge < -0.3 is 10.4 Å². The van der Waals surface area contributed by atoms with E-state index in [1.54, 1.807) is 0 Å².